The van der Waals surface area contributed by atoms with Gasteiger partial charge in [-0.1, -0.05) is 55.1 Å². The second-order valence-corrected chi connectivity index (χ2v) is 9.11. The summed E-state index contributed by atoms with van der Waals surface area (Å²) in [5.74, 6) is -0.815. The van der Waals surface area contributed by atoms with Crippen LogP contribution in [0.2, 0.25) is 5.02 Å². The van der Waals surface area contributed by atoms with E-state index in [9.17, 15) is 14.4 Å². The predicted molar refractivity (Wildman–Crippen MR) is 127 cm³/mol. The topological polar surface area (TPSA) is 75.7 Å². The van der Waals surface area contributed by atoms with E-state index in [1.165, 1.54) is 18.2 Å². The van der Waals surface area contributed by atoms with E-state index in [1.807, 2.05) is 11.9 Å². The summed E-state index contributed by atoms with van der Waals surface area (Å²) in [6.07, 6.45) is 5.65. The lowest BCUT2D eigenvalue weighted by Crippen LogP contribution is -2.39. The Kier molecular flexibility index (Phi) is 9.00. The summed E-state index contributed by atoms with van der Waals surface area (Å²) in [4.78, 5) is 39.8. The Labute approximate surface area is 197 Å². The Balaban J connectivity index is 1.53. The van der Waals surface area contributed by atoms with E-state index in [-0.39, 0.29) is 11.7 Å². The quantitative estimate of drug-likeness (QED) is 0.429. The molecule has 1 aliphatic carbocycles. The highest BCUT2D eigenvalue weighted by Gasteiger charge is 2.23. The highest BCUT2D eigenvalue weighted by Crippen LogP contribution is 2.26. The zero-order valence-corrected chi connectivity index (χ0v) is 19.6. The van der Waals surface area contributed by atoms with Gasteiger partial charge in [-0.15, -0.1) is 11.8 Å². The molecule has 0 unspecified atom stereocenters. The molecular weight excluding hydrogens is 448 g/mol. The molecule has 2 amide bonds. The predicted octanol–water partition coefficient (Wildman–Crippen LogP) is 5.02. The first-order valence-electron chi connectivity index (χ1n) is 10.6. The second kappa shape index (κ2) is 11.9. The van der Waals surface area contributed by atoms with Gasteiger partial charge in [0.2, 0.25) is 5.91 Å². The Morgan fingerprint density at radius 2 is 1.75 bits per heavy atom. The van der Waals surface area contributed by atoms with Gasteiger partial charge in [0.1, 0.15) is 0 Å². The van der Waals surface area contributed by atoms with Gasteiger partial charge in [0.15, 0.2) is 6.61 Å². The van der Waals surface area contributed by atoms with Crippen LogP contribution in [0.3, 0.4) is 0 Å². The molecule has 0 saturated heterocycles. The number of thioether (sulfide) groups is 1. The maximum atomic E-state index is 12.6. The molecule has 0 radical (unpaired) electrons. The number of esters is 1. The summed E-state index contributed by atoms with van der Waals surface area (Å²) in [7, 11) is 1.86. The van der Waals surface area contributed by atoms with Crippen LogP contribution < -0.4 is 5.32 Å². The third-order valence-electron chi connectivity index (χ3n) is 5.46. The number of nitrogens with one attached hydrogen (secondary N) is 1. The summed E-state index contributed by atoms with van der Waals surface area (Å²) in [5, 5.41) is 3.01. The smallest absolute Gasteiger partial charge is 0.339 e. The van der Waals surface area contributed by atoms with Crippen LogP contribution in [0, 0.1) is 0 Å². The molecule has 0 heterocycles. The van der Waals surface area contributed by atoms with Crippen LogP contribution >= 0.6 is 23.4 Å². The molecule has 32 heavy (non-hydrogen) atoms. The molecule has 1 N–H and O–H groups in total. The minimum atomic E-state index is -0.615. The van der Waals surface area contributed by atoms with Gasteiger partial charge < -0.3 is 15.0 Å². The average Bonchev–Trinajstić information content (AvgIpc) is 2.82. The molecule has 6 nitrogen and oxygen atoms in total. The molecule has 0 aromatic heterocycles. The molecule has 0 atom stereocenters. The zero-order chi connectivity index (χ0) is 22.9. The van der Waals surface area contributed by atoms with Crippen LogP contribution in [0.15, 0.2) is 53.4 Å². The van der Waals surface area contributed by atoms with Crippen LogP contribution in [0.4, 0.5) is 5.69 Å². The molecule has 0 aliphatic heterocycles. The number of amides is 2. The van der Waals surface area contributed by atoms with Crippen LogP contribution in [0.25, 0.3) is 0 Å². The van der Waals surface area contributed by atoms with Crippen LogP contribution in [0.1, 0.15) is 42.5 Å². The fourth-order valence-corrected chi connectivity index (χ4v) is 4.78. The normalized spacial score (nSPS) is 13.9. The van der Waals surface area contributed by atoms with Crippen molar-refractivity contribution in [3.05, 3.63) is 59.1 Å². The molecule has 2 aromatic rings. The molecule has 0 spiro atoms. The molecule has 1 aliphatic rings. The minimum Gasteiger partial charge on any atom is -0.452 e. The number of anilines is 1. The number of hydrogen-bond acceptors (Lipinski definition) is 5. The van der Waals surface area contributed by atoms with Crippen LogP contribution in [-0.2, 0) is 14.3 Å². The third-order valence-corrected chi connectivity index (χ3v) is 6.84. The first-order chi connectivity index (χ1) is 15.5. The fraction of sp³-hybridized carbons (Fsp3) is 0.375. The maximum Gasteiger partial charge on any atom is 0.339 e. The summed E-state index contributed by atoms with van der Waals surface area (Å²) < 4.78 is 5.19. The average molecular weight is 475 g/mol. The number of para-hydroxylation sites is 1. The lowest BCUT2D eigenvalue weighted by molar-refractivity contribution is -0.129. The summed E-state index contributed by atoms with van der Waals surface area (Å²) in [6.45, 7) is -0.438. The standard InChI is InChI=1S/C24H27ClN2O4S/c1-27(17-9-3-2-4-10-17)23(29)16-32-21-14-8-5-11-18(21)24(30)31-15-22(28)26-20-13-7-6-12-19(20)25/h5-8,11-14,17H,2-4,9-10,15-16H2,1H3,(H,26,28). The van der Waals surface area contributed by atoms with Crippen molar-refractivity contribution in [3.63, 3.8) is 0 Å². The van der Waals surface area contributed by atoms with Gasteiger partial charge in [0.25, 0.3) is 5.91 Å². The van der Waals surface area contributed by atoms with Gasteiger partial charge in [0, 0.05) is 18.0 Å². The summed E-state index contributed by atoms with van der Waals surface area (Å²) in [5.41, 5.74) is 0.780. The molecule has 3 rings (SSSR count). The van der Waals surface area contributed by atoms with Crippen molar-refractivity contribution < 1.29 is 19.1 Å². The highest BCUT2D eigenvalue weighted by atomic mass is 35.5. The maximum absolute atomic E-state index is 12.6. The number of benzene rings is 2. The second-order valence-electron chi connectivity index (χ2n) is 7.69. The van der Waals surface area contributed by atoms with E-state index in [0.29, 0.717) is 27.2 Å². The van der Waals surface area contributed by atoms with Gasteiger partial charge >= 0.3 is 5.97 Å². The Morgan fingerprint density at radius 1 is 1.06 bits per heavy atom. The van der Waals surface area contributed by atoms with E-state index >= 15 is 0 Å². The lowest BCUT2D eigenvalue weighted by atomic mass is 9.94. The first kappa shape index (κ1) is 24.1. The first-order valence-corrected chi connectivity index (χ1v) is 12.0. The van der Waals surface area contributed by atoms with Crippen molar-refractivity contribution in [3.8, 4) is 0 Å². The SMILES string of the molecule is CN(C(=O)CSc1ccccc1C(=O)OCC(=O)Nc1ccccc1Cl)C1CCCCC1. The number of ether oxygens (including phenoxy) is 1. The summed E-state index contributed by atoms with van der Waals surface area (Å²) in [6, 6.07) is 14.1. The number of carbonyl (C=O) groups is 3. The number of carbonyl (C=O) groups excluding carboxylic acids is 3. The Hall–Kier alpha value is -2.51. The molecule has 1 fully saturated rings. The Morgan fingerprint density at radius 3 is 2.50 bits per heavy atom. The summed E-state index contributed by atoms with van der Waals surface area (Å²) >= 11 is 7.33. The fourth-order valence-electron chi connectivity index (χ4n) is 3.63. The van der Waals surface area contributed by atoms with Gasteiger partial charge in [-0.05, 0) is 37.1 Å². The lowest BCUT2D eigenvalue weighted by Gasteiger charge is -2.31. The molecular formula is C24H27ClN2O4S. The van der Waals surface area contributed by atoms with Crippen molar-refractivity contribution in [2.45, 2.75) is 43.0 Å². The van der Waals surface area contributed by atoms with Gasteiger partial charge in [0.05, 0.1) is 22.0 Å². The number of nitrogens with zero attached hydrogens (tertiary/aromatic N) is 1. The monoisotopic (exact) mass is 474 g/mol. The molecule has 0 bridgehead atoms. The Bertz CT molecular complexity index is 963. The minimum absolute atomic E-state index is 0.0455. The molecule has 170 valence electrons. The largest absolute Gasteiger partial charge is 0.452 e. The molecule has 2 aromatic carbocycles. The van der Waals surface area contributed by atoms with E-state index in [2.05, 4.69) is 5.32 Å². The van der Waals surface area contributed by atoms with Crippen molar-refractivity contribution in [2.24, 2.45) is 0 Å². The van der Waals surface area contributed by atoms with Crippen molar-refractivity contribution in [2.75, 3.05) is 24.7 Å². The van der Waals surface area contributed by atoms with Crippen LogP contribution in [-0.4, -0.2) is 48.1 Å². The third kappa shape index (κ3) is 6.74. The van der Waals surface area contributed by atoms with E-state index in [4.69, 9.17) is 16.3 Å². The van der Waals surface area contributed by atoms with Gasteiger partial charge in [-0.2, -0.15) is 0 Å². The van der Waals surface area contributed by atoms with Crippen molar-refractivity contribution >= 4 is 46.8 Å². The molecule has 8 heteroatoms. The highest BCUT2D eigenvalue weighted by molar-refractivity contribution is 8.00. The van der Waals surface area contributed by atoms with E-state index in [0.717, 1.165) is 25.7 Å². The number of hydrogen-bond donors (Lipinski definition) is 1. The van der Waals surface area contributed by atoms with Gasteiger partial charge in [-0.25, -0.2) is 4.79 Å². The van der Waals surface area contributed by atoms with Crippen molar-refractivity contribution in [1.82, 2.24) is 4.90 Å². The number of rotatable bonds is 8. The molecule has 1 saturated carbocycles. The zero-order valence-electron chi connectivity index (χ0n) is 18.0. The van der Waals surface area contributed by atoms with Crippen molar-refractivity contribution in [1.29, 1.82) is 0 Å². The number of halogens is 1. The van der Waals surface area contributed by atoms with Crippen LogP contribution in [0.5, 0.6) is 0 Å². The van der Waals surface area contributed by atoms with Gasteiger partial charge in [-0.3, -0.25) is 9.59 Å². The van der Waals surface area contributed by atoms with E-state index < -0.39 is 18.5 Å². The van der Waals surface area contributed by atoms with E-state index in [1.54, 1.807) is 48.5 Å².